The second-order valence-electron chi connectivity index (χ2n) is 8.01. The fourth-order valence-electron chi connectivity index (χ4n) is 3.57. The van der Waals surface area contributed by atoms with Gasteiger partial charge < -0.3 is 18.9 Å². The summed E-state index contributed by atoms with van der Waals surface area (Å²) >= 11 is 0. The molecular weight excluding hydrogens is 488 g/mol. The molecule has 0 bridgehead atoms. The van der Waals surface area contributed by atoms with Gasteiger partial charge in [0.2, 0.25) is 0 Å². The molecule has 10 nitrogen and oxygen atoms in total. The first-order chi connectivity index (χ1) is 16.2. The van der Waals surface area contributed by atoms with Gasteiger partial charge in [0.1, 0.15) is 38.0 Å². The monoisotopic (exact) mass is 514 g/mol. The van der Waals surface area contributed by atoms with Gasteiger partial charge in [0.05, 0.1) is 23.0 Å². The predicted molar refractivity (Wildman–Crippen MR) is 118 cm³/mol. The normalized spacial score (nSPS) is 25.6. The van der Waals surface area contributed by atoms with E-state index in [0.717, 1.165) is 11.1 Å². The Hall–Kier alpha value is -1.90. The molecule has 0 amide bonds. The molecule has 2 aliphatic heterocycles. The number of hydrogen-bond acceptors (Lipinski definition) is 10. The molecule has 0 radical (unpaired) electrons. The highest BCUT2D eigenvalue weighted by Crippen LogP contribution is 2.28. The van der Waals surface area contributed by atoms with Crippen LogP contribution in [0, 0.1) is 13.8 Å². The Kier molecular flexibility index (Phi) is 7.69. The van der Waals surface area contributed by atoms with Gasteiger partial charge in [-0.15, -0.1) is 0 Å². The lowest BCUT2D eigenvalue weighted by Gasteiger charge is -2.25. The lowest BCUT2D eigenvalue weighted by atomic mass is 10.0. The van der Waals surface area contributed by atoms with E-state index in [-0.39, 0.29) is 36.6 Å². The smallest absolute Gasteiger partial charge is 0.297 e. The molecule has 34 heavy (non-hydrogen) atoms. The highest BCUT2D eigenvalue weighted by atomic mass is 32.2. The van der Waals surface area contributed by atoms with Crippen molar-refractivity contribution < 1.29 is 44.1 Å². The highest BCUT2D eigenvalue weighted by Gasteiger charge is 2.45. The fourth-order valence-corrected chi connectivity index (χ4v) is 5.41. The average molecular weight is 515 g/mol. The molecule has 0 aliphatic carbocycles. The first kappa shape index (κ1) is 25.2. The number of ether oxygens (including phenoxy) is 4. The third-order valence-corrected chi connectivity index (χ3v) is 8.13. The molecule has 0 spiro atoms. The van der Waals surface area contributed by atoms with Crippen LogP contribution in [0.4, 0.5) is 0 Å². The van der Waals surface area contributed by atoms with Crippen LogP contribution >= 0.6 is 0 Å². The lowest BCUT2D eigenvalue weighted by Crippen LogP contribution is -2.45. The van der Waals surface area contributed by atoms with Crippen LogP contribution in [0.3, 0.4) is 0 Å². The molecule has 2 aliphatic rings. The predicted octanol–water partition coefficient (Wildman–Crippen LogP) is 1.90. The van der Waals surface area contributed by atoms with Crippen molar-refractivity contribution in [3.05, 3.63) is 59.7 Å². The number of fused-ring (bicyclic) bond motifs is 1. The third-order valence-electron chi connectivity index (χ3n) is 5.54. The van der Waals surface area contributed by atoms with Crippen molar-refractivity contribution in [3.8, 4) is 0 Å². The summed E-state index contributed by atoms with van der Waals surface area (Å²) in [6.45, 7) is 2.68. The van der Waals surface area contributed by atoms with Crippen molar-refractivity contribution in [2.75, 3.05) is 26.8 Å². The standard InChI is InChI=1S/C22H26O10S2/c1-15-3-7-17(8-4-15)33(23,24)31-11-19-21-22(30-14-29-21)20(28-13-27-19)12-32-34(25,26)18-9-5-16(2)6-10-18/h3-10,19-22H,11-14H2,1-2H3/t19-,20+,21-,22-/m0/s1. The summed E-state index contributed by atoms with van der Waals surface area (Å²) in [5, 5.41) is 0. The second kappa shape index (κ2) is 10.4. The van der Waals surface area contributed by atoms with Crippen LogP contribution in [-0.4, -0.2) is 68.1 Å². The van der Waals surface area contributed by atoms with Crippen LogP contribution in [-0.2, 0) is 47.5 Å². The van der Waals surface area contributed by atoms with Gasteiger partial charge in [0.15, 0.2) is 0 Å². The SMILES string of the molecule is Cc1ccc(S(=O)(=O)OC[C@@H]2OCO[C@H](COS(=O)(=O)c3ccc(C)cc3)[C@@H]3OCO[C@H]32)cc1. The molecule has 2 fully saturated rings. The minimum Gasteiger partial charge on any atom is -0.347 e. The van der Waals surface area contributed by atoms with Gasteiger partial charge in [-0.1, -0.05) is 35.4 Å². The number of hydrogen-bond donors (Lipinski definition) is 0. The molecule has 4 atom stereocenters. The number of rotatable bonds is 8. The van der Waals surface area contributed by atoms with E-state index < -0.39 is 44.7 Å². The highest BCUT2D eigenvalue weighted by molar-refractivity contribution is 7.87. The van der Waals surface area contributed by atoms with Crippen LogP contribution < -0.4 is 0 Å². The maximum absolute atomic E-state index is 12.5. The maximum Gasteiger partial charge on any atom is 0.297 e. The summed E-state index contributed by atoms with van der Waals surface area (Å²) < 4.78 is 82.9. The zero-order chi connectivity index (χ0) is 24.3. The Bertz CT molecular complexity index is 1080. The van der Waals surface area contributed by atoms with Crippen molar-refractivity contribution in [2.24, 2.45) is 0 Å². The average Bonchev–Trinajstić information content (AvgIpc) is 3.22. The van der Waals surface area contributed by atoms with Crippen molar-refractivity contribution in [1.29, 1.82) is 0 Å². The fraction of sp³-hybridized carbons (Fsp3) is 0.455. The van der Waals surface area contributed by atoms with Crippen LogP contribution in [0.2, 0.25) is 0 Å². The summed E-state index contributed by atoms with van der Waals surface area (Å²) in [6.07, 6.45) is -3.14. The molecule has 2 aromatic rings. The molecular formula is C22H26O10S2. The Morgan fingerprint density at radius 1 is 0.647 bits per heavy atom. The molecule has 186 valence electrons. The van der Waals surface area contributed by atoms with Gasteiger partial charge >= 0.3 is 0 Å². The molecule has 0 N–H and O–H groups in total. The van der Waals surface area contributed by atoms with E-state index >= 15 is 0 Å². The lowest BCUT2D eigenvalue weighted by molar-refractivity contribution is -0.142. The minimum absolute atomic E-state index is 0.0238. The van der Waals surface area contributed by atoms with Crippen LogP contribution in [0.25, 0.3) is 0 Å². The van der Waals surface area contributed by atoms with Crippen LogP contribution in [0.15, 0.2) is 58.3 Å². The van der Waals surface area contributed by atoms with E-state index in [2.05, 4.69) is 0 Å². The Labute approximate surface area is 198 Å². The van der Waals surface area contributed by atoms with E-state index in [1.807, 2.05) is 13.8 Å². The summed E-state index contributed by atoms with van der Waals surface area (Å²) in [6, 6.07) is 12.5. The van der Waals surface area contributed by atoms with Crippen molar-refractivity contribution >= 4 is 20.2 Å². The third kappa shape index (κ3) is 5.83. The van der Waals surface area contributed by atoms with E-state index in [4.69, 9.17) is 27.3 Å². The first-order valence-corrected chi connectivity index (χ1v) is 13.4. The van der Waals surface area contributed by atoms with Crippen LogP contribution in [0.5, 0.6) is 0 Å². The van der Waals surface area contributed by atoms with Gasteiger partial charge in [-0.2, -0.15) is 16.8 Å². The largest absolute Gasteiger partial charge is 0.347 e. The van der Waals surface area contributed by atoms with E-state index in [0.29, 0.717) is 0 Å². The van der Waals surface area contributed by atoms with Crippen LogP contribution in [0.1, 0.15) is 11.1 Å². The molecule has 2 saturated heterocycles. The maximum atomic E-state index is 12.5. The summed E-state index contributed by atoms with van der Waals surface area (Å²) in [7, 11) is -8.03. The summed E-state index contributed by atoms with van der Waals surface area (Å²) in [5.41, 5.74) is 1.83. The molecule has 4 rings (SSSR count). The number of aryl methyl sites for hydroxylation is 2. The second-order valence-corrected chi connectivity index (χ2v) is 11.2. The van der Waals surface area contributed by atoms with Gasteiger partial charge in [0, 0.05) is 0 Å². The topological polar surface area (TPSA) is 124 Å². The molecule has 12 heteroatoms. The van der Waals surface area contributed by atoms with Gasteiger partial charge in [0.25, 0.3) is 20.2 Å². The number of benzene rings is 2. The van der Waals surface area contributed by atoms with Gasteiger partial charge in [-0.3, -0.25) is 8.37 Å². The molecule has 0 aromatic heterocycles. The Morgan fingerprint density at radius 2 is 1.00 bits per heavy atom. The van der Waals surface area contributed by atoms with Gasteiger partial charge in [-0.25, -0.2) is 0 Å². The Balaban J connectivity index is 1.39. The molecule has 0 saturated carbocycles. The summed E-state index contributed by atoms with van der Waals surface area (Å²) in [5.74, 6) is 0. The molecule has 0 unspecified atom stereocenters. The van der Waals surface area contributed by atoms with Crippen molar-refractivity contribution in [3.63, 3.8) is 0 Å². The van der Waals surface area contributed by atoms with Gasteiger partial charge in [-0.05, 0) is 38.1 Å². The molecule has 2 heterocycles. The first-order valence-electron chi connectivity index (χ1n) is 10.5. The van der Waals surface area contributed by atoms with E-state index in [1.165, 1.54) is 24.3 Å². The van der Waals surface area contributed by atoms with E-state index in [9.17, 15) is 16.8 Å². The van der Waals surface area contributed by atoms with Crippen molar-refractivity contribution in [1.82, 2.24) is 0 Å². The quantitative estimate of drug-likeness (QED) is 0.483. The zero-order valence-corrected chi connectivity index (χ0v) is 20.3. The molecule has 2 aromatic carbocycles. The Morgan fingerprint density at radius 3 is 1.38 bits per heavy atom. The zero-order valence-electron chi connectivity index (χ0n) is 18.7. The van der Waals surface area contributed by atoms with E-state index in [1.54, 1.807) is 24.3 Å². The van der Waals surface area contributed by atoms with Crippen molar-refractivity contribution in [2.45, 2.75) is 48.1 Å². The summed E-state index contributed by atoms with van der Waals surface area (Å²) in [4.78, 5) is 0.0476. The minimum atomic E-state index is -4.02.